The second-order valence-corrected chi connectivity index (χ2v) is 8.36. The third kappa shape index (κ3) is 4.39. The molecule has 0 aliphatic carbocycles. The fraction of sp³-hybridized carbons (Fsp3) is 0.318. The van der Waals surface area contributed by atoms with Gasteiger partial charge in [0.25, 0.3) is 0 Å². The Kier molecular flexibility index (Phi) is 5.17. The van der Waals surface area contributed by atoms with Crippen molar-refractivity contribution in [3.05, 3.63) is 48.1 Å². The van der Waals surface area contributed by atoms with E-state index in [1.54, 1.807) is 37.0 Å². The van der Waals surface area contributed by atoms with E-state index in [2.05, 4.69) is 31.6 Å². The van der Waals surface area contributed by atoms with Crippen LogP contribution in [0.4, 0.5) is 5.69 Å². The lowest BCUT2D eigenvalue weighted by Crippen LogP contribution is -2.21. The molecule has 0 bridgehead atoms. The highest BCUT2D eigenvalue weighted by Crippen LogP contribution is 2.30. The van der Waals surface area contributed by atoms with Gasteiger partial charge in [0.05, 0.1) is 17.4 Å². The molecule has 0 aliphatic heterocycles. The van der Waals surface area contributed by atoms with Crippen molar-refractivity contribution in [1.82, 2.24) is 24.9 Å². The summed E-state index contributed by atoms with van der Waals surface area (Å²) in [5, 5.41) is 31.9. The Bertz CT molecular complexity index is 1280. The van der Waals surface area contributed by atoms with E-state index in [-0.39, 0.29) is 6.04 Å². The molecule has 0 unspecified atom stereocenters. The summed E-state index contributed by atoms with van der Waals surface area (Å²) in [7, 11) is 0. The topological polar surface area (TPSA) is 126 Å². The number of anilines is 1. The Morgan fingerprint density at radius 3 is 2.71 bits per heavy atom. The lowest BCUT2D eigenvalue weighted by Gasteiger charge is -2.15. The summed E-state index contributed by atoms with van der Waals surface area (Å²) in [6.07, 6.45) is 5.24. The van der Waals surface area contributed by atoms with Gasteiger partial charge in [-0.05, 0) is 33.8 Å². The average molecular weight is 417 g/mol. The number of fused-ring (bicyclic) bond motifs is 1. The van der Waals surface area contributed by atoms with Crippen molar-refractivity contribution in [1.29, 1.82) is 5.26 Å². The van der Waals surface area contributed by atoms with Crippen LogP contribution < -0.4 is 5.32 Å². The SMILES string of the molecule is CC(C)Nc1cc(-n2ncc3cc(C#N)cnc32)ncc1-c1cc(CC(C)(C)O)on1. The zero-order valence-electron chi connectivity index (χ0n) is 17.8. The van der Waals surface area contributed by atoms with Gasteiger partial charge in [-0.15, -0.1) is 0 Å². The molecule has 0 saturated carbocycles. The van der Waals surface area contributed by atoms with Crippen molar-refractivity contribution in [2.75, 3.05) is 5.32 Å². The Morgan fingerprint density at radius 2 is 2.00 bits per heavy atom. The van der Waals surface area contributed by atoms with Crippen LogP contribution in [0.5, 0.6) is 0 Å². The Labute approximate surface area is 179 Å². The van der Waals surface area contributed by atoms with E-state index in [4.69, 9.17) is 9.78 Å². The van der Waals surface area contributed by atoms with E-state index in [0.29, 0.717) is 34.9 Å². The van der Waals surface area contributed by atoms with Crippen molar-refractivity contribution in [2.24, 2.45) is 0 Å². The summed E-state index contributed by atoms with van der Waals surface area (Å²) in [6, 6.07) is 7.69. The van der Waals surface area contributed by atoms with E-state index in [1.807, 2.05) is 26.0 Å². The molecule has 9 heteroatoms. The molecule has 0 spiro atoms. The molecule has 4 aromatic heterocycles. The molecule has 4 aromatic rings. The summed E-state index contributed by atoms with van der Waals surface area (Å²) < 4.78 is 7.05. The molecule has 2 N–H and O–H groups in total. The van der Waals surface area contributed by atoms with Gasteiger partial charge < -0.3 is 14.9 Å². The first-order valence-corrected chi connectivity index (χ1v) is 9.93. The molecule has 0 saturated heterocycles. The fourth-order valence-corrected chi connectivity index (χ4v) is 3.29. The van der Waals surface area contributed by atoms with Gasteiger partial charge in [0.15, 0.2) is 11.5 Å². The Hall–Kier alpha value is -3.77. The highest BCUT2D eigenvalue weighted by atomic mass is 16.5. The first-order chi connectivity index (χ1) is 14.7. The smallest absolute Gasteiger partial charge is 0.164 e. The summed E-state index contributed by atoms with van der Waals surface area (Å²) in [5.41, 5.74) is 2.43. The van der Waals surface area contributed by atoms with Crippen molar-refractivity contribution >= 4 is 16.7 Å². The molecule has 0 amide bonds. The quantitative estimate of drug-likeness (QED) is 0.488. The van der Waals surface area contributed by atoms with Crippen LogP contribution in [0.2, 0.25) is 0 Å². The second-order valence-electron chi connectivity index (χ2n) is 8.36. The van der Waals surface area contributed by atoms with Crippen molar-refractivity contribution in [2.45, 2.75) is 45.8 Å². The van der Waals surface area contributed by atoms with Crippen LogP contribution in [0.1, 0.15) is 39.0 Å². The maximum absolute atomic E-state index is 10.0. The molecule has 9 nitrogen and oxygen atoms in total. The molecular weight excluding hydrogens is 394 g/mol. The van der Waals surface area contributed by atoms with Crippen molar-refractivity contribution in [3.8, 4) is 23.1 Å². The van der Waals surface area contributed by atoms with Crippen LogP contribution in [0.25, 0.3) is 28.1 Å². The third-order valence-electron chi connectivity index (χ3n) is 4.53. The summed E-state index contributed by atoms with van der Waals surface area (Å²) in [6.45, 7) is 7.53. The molecule has 0 aromatic carbocycles. The molecule has 0 radical (unpaired) electrons. The van der Waals surface area contributed by atoms with Crippen LogP contribution in [0.15, 0.2) is 41.3 Å². The molecule has 0 aliphatic rings. The van der Waals surface area contributed by atoms with Crippen LogP contribution in [-0.4, -0.2) is 41.7 Å². The van der Waals surface area contributed by atoms with Crippen molar-refractivity contribution in [3.63, 3.8) is 0 Å². The average Bonchev–Trinajstić information content (AvgIpc) is 3.32. The summed E-state index contributed by atoms with van der Waals surface area (Å²) >= 11 is 0. The minimum absolute atomic E-state index is 0.169. The zero-order chi connectivity index (χ0) is 22.2. The number of pyridine rings is 2. The Balaban J connectivity index is 1.76. The predicted octanol–water partition coefficient (Wildman–Crippen LogP) is 3.48. The fourth-order valence-electron chi connectivity index (χ4n) is 3.29. The molecule has 158 valence electrons. The molecule has 0 fully saturated rings. The van der Waals surface area contributed by atoms with E-state index < -0.39 is 5.60 Å². The number of hydrogen-bond donors (Lipinski definition) is 2. The number of nitrogens with zero attached hydrogens (tertiary/aromatic N) is 6. The largest absolute Gasteiger partial charge is 0.390 e. The minimum atomic E-state index is -0.891. The summed E-state index contributed by atoms with van der Waals surface area (Å²) in [4.78, 5) is 8.93. The van der Waals surface area contributed by atoms with Gasteiger partial charge in [-0.3, -0.25) is 0 Å². The van der Waals surface area contributed by atoms with Gasteiger partial charge >= 0.3 is 0 Å². The van der Waals surface area contributed by atoms with Gasteiger partial charge in [-0.2, -0.15) is 15.0 Å². The predicted molar refractivity (Wildman–Crippen MR) is 116 cm³/mol. The number of aromatic nitrogens is 5. The molecule has 31 heavy (non-hydrogen) atoms. The summed E-state index contributed by atoms with van der Waals surface area (Å²) in [5.74, 6) is 1.18. The Morgan fingerprint density at radius 1 is 1.19 bits per heavy atom. The van der Waals surface area contributed by atoms with Crippen LogP contribution >= 0.6 is 0 Å². The minimum Gasteiger partial charge on any atom is -0.390 e. The maximum atomic E-state index is 10.0. The number of hydrogen-bond acceptors (Lipinski definition) is 8. The lowest BCUT2D eigenvalue weighted by molar-refractivity contribution is 0.0733. The van der Waals surface area contributed by atoms with E-state index in [0.717, 1.165) is 16.6 Å². The van der Waals surface area contributed by atoms with Crippen LogP contribution in [0.3, 0.4) is 0 Å². The normalized spacial score (nSPS) is 11.8. The first kappa shape index (κ1) is 20.5. The van der Waals surface area contributed by atoms with Crippen LogP contribution in [0, 0.1) is 11.3 Å². The number of aliphatic hydroxyl groups is 1. The van der Waals surface area contributed by atoms with Gasteiger partial charge in [0.2, 0.25) is 0 Å². The number of nitrogens with one attached hydrogen (secondary N) is 1. The number of nitriles is 1. The molecule has 4 heterocycles. The standard InChI is InChI=1S/C22H23N7O2/c1-13(2)27-18-7-20(29-21-15(11-26-29)5-14(9-23)10-25-21)24-12-17(18)19-6-16(31-28-19)8-22(3,4)30/h5-7,10-13,30H,8H2,1-4H3,(H,24,27). The number of rotatable bonds is 6. The third-order valence-corrected chi connectivity index (χ3v) is 4.53. The molecule has 0 atom stereocenters. The highest BCUT2D eigenvalue weighted by molar-refractivity contribution is 5.79. The van der Waals surface area contributed by atoms with Crippen LogP contribution in [-0.2, 0) is 6.42 Å². The van der Waals surface area contributed by atoms with E-state index in [9.17, 15) is 5.11 Å². The monoisotopic (exact) mass is 417 g/mol. The van der Waals surface area contributed by atoms with E-state index in [1.165, 1.54) is 6.20 Å². The molecule has 4 rings (SSSR count). The molecular formula is C22H23N7O2. The van der Waals surface area contributed by atoms with Gasteiger partial charge in [-0.1, -0.05) is 5.16 Å². The second kappa shape index (κ2) is 7.81. The van der Waals surface area contributed by atoms with Gasteiger partial charge in [-0.25, -0.2) is 9.97 Å². The van der Waals surface area contributed by atoms with Crippen molar-refractivity contribution < 1.29 is 9.63 Å². The lowest BCUT2D eigenvalue weighted by atomic mass is 10.0. The van der Waals surface area contributed by atoms with Gasteiger partial charge in [0.1, 0.15) is 17.5 Å². The van der Waals surface area contributed by atoms with E-state index >= 15 is 0 Å². The van der Waals surface area contributed by atoms with Gasteiger partial charge in [0, 0.05) is 53.6 Å². The zero-order valence-corrected chi connectivity index (χ0v) is 17.8. The maximum Gasteiger partial charge on any atom is 0.164 e. The highest BCUT2D eigenvalue weighted by Gasteiger charge is 2.20. The first-order valence-electron chi connectivity index (χ1n) is 9.93.